The predicted molar refractivity (Wildman–Crippen MR) is 94.1 cm³/mol. The van der Waals surface area contributed by atoms with Crippen molar-refractivity contribution in [1.82, 2.24) is 10.3 Å². The molecule has 1 aromatic carbocycles. The molecule has 1 fully saturated rings. The van der Waals surface area contributed by atoms with Gasteiger partial charge in [0.15, 0.2) is 9.84 Å². The van der Waals surface area contributed by atoms with Crippen LogP contribution >= 0.6 is 11.3 Å². The van der Waals surface area contributed by atoms with E-state index in [1.54, 1.807) is 17.4 Å². The summed E-state index contributed by atoms with van der Waals surface area (Å²) in [5, 5.41) is 6.02. The molecule has 0 saturated heterocycles. The smallest absolute Gasteiger partial charge is 0.252 e. The van der Waals surface area contributed by atoms with Crippen molar-refractivity contribution in [2.75, 3.05) is 6.26 Å². The summed E-state index contributed by atoms with van der Waals surface area (Å²) >= 11 is 1.56. The van der Waals surface area contributed by atoms with Crippen LogP contribution in [0.1, 0.15) is 45.9 Å². The summed E-state index contributed by atoms with van der Waals surface area (Å²) in [7, 11) is -3.35. The van der Waals surface area contributed by atoms with E-state index in [2.05, 4.69) is 10.3 Å². The molecular formula is C17H20N2O3S2. The Hall–Kier alpha value is -1.73. The number of aryl methyl sites for hydroxylation is 2. The van der Waals surface area contributed by atoms with E-state index in [1.807, 2.05) is 19.2 Å². The highest BCUT2D eigenvalue weighted by atomic mass is 32.2. The minimum atomic E-state index is -3.35. The maximum atomic E-state index is 12.8. The fraction of sp³-hybridized carbons (Fsp3) is 0.412. The van der Waals surface area contributed by atoms with E-state index in [1.165, 1.54) is 12.1 Å². The van der Waals surface area contributed by atoms with E-state index in [4.69, 9.17) is 0 Å². The molecule has 0 radical (unpaired) electrons. The van der Waals surface area contributed by atoms with Crippen molar-refractivity contribution in [2.24, 2.45) is 0 Å². The van der Waals surface area contributed by atoms with E-state index < -0.39 is 15.4 Å². The molecule has 128 valence electrons. The number of aromatic nitrogens is 1. The van der Waals surface area contributed by atoms with Crippen LogP contribution in [0.25, 0.3) is 0 Å². The standard InChI is InChI=1S/C17H20N2O3S2/c1-11-5-6-13(24(3,21)22)9-14(11)15(20)19-17(7-4-8-17)16-18-12(2)10-23-16/h5-6,9-10H,4,7-8H2,1-3H3,(H,19,20). The fourth-order valence-electron chi connectivity index (χ4n) is 2.86. The van der Waals surface area contributed by atoms with Gasteiger partial charge in [-0.3, -0.25) is 4.79 Å². The van der Waals surface area contributed by atoms with Gasteiger partial charge in [0.05, 0.1) is 10.4 Å². The average molecular weight is 364 g/mol. The molecule has 3 rings (SSSR count). The zero-order valence-electron chi connectivity index (χ0n) is 13.9. The van der Waals surface area contributed by atoms with Crippen LogP contribution in [0.2, 0.25) is 0 Å². The first kappa shape index (κ1) is 17.1. The lowest BCUT2D eigenvalue weighted by atomic mass is 9.77. The highest BCUT2D eigenvalue weighted by Gasteiger charge is 2.42. The number of rotatable bonds is 4. The summed E-state index contributed by atoms with van der Waals surface area (Å²) < 4.78 is 23.5. The third kappa shape index (κ3) is 3.10. The lowest BCUT2D eigenvalue weighted by Gasteiger charge is -2.41. The van der Waals surface area contributed by atoms with Crippen LogP contribution < -0.4 is 5.32 Å². The number of thiazole rings is 1. The lowest BCUT2D eigenvalue weighted by Crippen LogP contribution is -2.50. The maximum absolute atomic E-state index is 12.8. The Kier molecular flexibility index (Phi) is 4.25. The molecule has 1 amide bonds. The van der Waals surface area contributed by atoms with Gasteiger partial charge >= 0.3 is 0 Å². The number of carbonyl (C=O) groups excluding carboxylic acids is 1. The molecule has 0 aliphatic heterocycles. The summed E-state index contributed by atoms with van der Waals surface area (Å²) in [6.45, 7) is 3.75. The minimum absolute atomic E-state index is 0.158. The Balaban J connectivity index is 1.92. The second-order valence-electron chi connectivity index (χ2n) is 6.43. The van der Waals surface area contributed by atoms with Crippen molar-refractivity contribution in [2.45, 2.75) is 43.5 Å². The Morgan fingerprint density at radius 1 is 1.29 bits per heavy atom. The van der Waals surface area contributed by atoms with Crippen LogP contribution in [0, 0.1) is 13.8 Å². The summed E-state index contributed by atoms with van der Waals surface area (Å²) in [6, 6.07) is 4.66. The second-order valence-corrected chi connectivity index (χ2v) is 9.31. The molecule has 1 heterocycles. The molecule has 0 unspecified atom stereocenters. The van der Waals surface area contributed by atoms with Gasteiger partial charge in [0, 0.05) is 22.9 Å². The molecule has 1 N–H and O–H groups in total. The van der Waals surface area contributed by atoms with Crippen molar-refractivity contribution in [3.8, 4) is 0 Å². The third-order valence-electron chi connectivity index (χ3n) is 4.47. The molecule has 1 aliphatic rings. The molecule has 1 aromatic heterocycles. The van der Waals surface area contributed by atoms with Gasteiger partial charge in [-0.05, 0) is 50.8 Å². The SMILES string of the molecule is Cc1csc(C2(NC(=O)c3cc(S(C)(=O)=O)ccc3C)CCC2)n1. The van der Waals surface area contributed by atoms with Crippen LogP contribution in [-0.4, -0.2) is 25.6 Å². The summed E-state index contributed by atoms with van der Waals surface area (Å²) in [5.41, 5.74) is 1.69. The molecule has 0 spiro atoms. The first-order chi connectivity index (χ1) is 11.2. The zero-order valence-corrected chi connectivity index (χ0v) is 15.6. The Labute approximate surface area is 146 Å². The number of carbonyl (C=O) groups is 1. The number of hydrogen-bond acceptors (Lipinski definition) is 5. The molecule has 2 aromatic rings. The number of benzene rings is 1. The van der Waals surface area contributed by atoms with E-state index in [-0.39, 0.29) is 10.8 Å². The number of hydrogen-bond donors (Lipinski definition) is 1. The van der Waals surface area contributed by atoms with Crippen molar-refractivity contribution in [1.29, 1.82) is 0 Å². The average Bonchev–Trinajstić information content (AvgIpc) is 2.88. The van der Waals surface area contributed by atoms with Crippen molar-refractivity contribution < 1.29 is 13.2 Å². The molecule has 1 saturated carbocycles. The monoisotopic (exact) mass is 364 g/mol. The molecule has 5 nitrogen and oxygen atoms in total. The van der Waals surface area contributed by atoms with E-state index in [0.717, 1.165) is 41.8 Å². The second kappa shape index (κ2) is 5.97. The Morgan fingerprint density at radius 2 is 2.00 bits per heavy atom. The number of sulfone groups is 1. The fourth-order valence-corrected chi connectivity index (χ4v) is 4.52. The first-order valence-corrected chi connectivity index (χ1v) is 10.5. The summed E-state index contributed by atoms with van der Waals surface area (Å²) in [4.78, 5) is 17.5. The first-order valence-electron chi connectivity index (χ1n) is 7.77. The quantitative estimate of drug-likeness (QED) is 0.905. The largest absolute Gasteiger partial charge is 0.340 e. The lowest BCUT2D eigenvalue weighted by molar-refractivity contribution is 0.0822. The van der Waals surface area contributed by atoms with Gasteiger partial charge in [0.1, 0.15) is 5.01 Å². The van der Waals surface area contributed by atoms with E-state index in [9.17, 15) is 13.2 Å². The molecule has 0 bridgehead atoms. The molecule has 0 atom stereocenters. The van der Waals surface area contributed by atoms with Crippen LogP contribution in [0.4, 0.5) is 0 Å². The summed E-state index contributed by atoms with van der Waals surface area (Å²) in [6.07, 6.45) is 3.90. The Morgan fingerprint density at radius 3 is 2.50 bits per heavy atom. The number of nitrogens with one attached hydrogen (secondary N) is 1. The highest BCUT2D eigenvalue weighted by molar-refractivity contribution is 7.90. The van der Waals surface area contributed by atoms with Crippen LogP contribution in [0.3, 0.4) is 0 Å². The van der Waals surface area contributed by atoms with Crippen molar-refractivity contribution in [3.05, 3.63) is 45.4 Å². The summed E-state index contributed by atoms with van der Waals surface area (Å²) in [5.74, 6) is -0.245. The van der Waals surface area contributed by atoms with E-state index in [0.29, 0.717) is 5.56 Å². The minimum Gasteiger partial charge on any atom is -0.340 e. The van der Waals surface area contributed by atoms with Gasteiger partial charge in [-0.25, -0.2) is 13.4 Å². The van der Waals surface area contributed by atoms with Gasteiger partial charge in [-0.2, -0.15) is 0 Å². The van der Waals surface area contributed by atoms with E-state index >= 15 is 0 Å². The third-order valence-corrected chi connectivity index (χ3v) is 6.74. The maximum Gasteiger partial charge on any atom is 0.252 e. The normalized spacial score (nSPS) is 16.5. The van der Waals surface area contributed by atoms with Crippen LogP contribution in [0.15, 0.2) is 28.5 Å². The van der Waals surface area contributed by atoms with Crippen molar-refractivity contribution >= 4 is 27.1 Å². The predicted octanol–water partition coefficient (Wildman–Crippen LogP) is 2.97. The molecule has 7 heteroatoms. The highest BCUT2D eigenvalue weighted by Crippen LogP contribution is 2.42. The van der Waals surface area contributed by atoms with Gasteiger partial charge < -0.3 is 5.32 Å². The van der Waals surface area contributed by atoms with Crippen LogP contribution in [-0.2, 0) is 15.4 Å². The molecule has 1 aliphatic carbocycles. The van der Waals surface area contributed by atoms with Gasteiger partial charge in [0.2, 0.25) is 0 Å². The van der Waals surface area contributed by atoms with Gasteiger partial charge in [-0.1, -0.05) is 6.07 Å². The molecular weight excluding hydrogens is 344 g/mol. The van der Waals surface area contributed by atoms with Crippen LogP contribution in [0.5, 0.6) is 0 Å². The van der Waals surface area contributed by atoms with Crippen molar-refractivity contribution in [3.63, 3.8) is 0 Å². The number of nitrogens with zero attached hydrogens (tertiary/aromatic N) is 1. The zero-order chi connectivity index (χ0) is 17.5. The topological polar surface area (TPSA) is 76.1 Å². The number of amides is 1. The Bertz CT molecular complexity index is 896. The molecule has 24 heavy (non-hydrogen) atoms. The van der Waals surface area contributed by atoms with Gasteiger partial charge in [0.25, 0.3) is 5.91 Å². The van der Waals surface area contributed by atoms with Gasteiger partial charge in [-0.15, -0.1) is 11.3 Å².